The first kappa shape index (κ1) is 22.4. The van der Waals surface area contributed by atoms with Crippen molar-refractivity contribution in [1.29, 1.82) is 0 Å². The molecule has 0 aliphatic rings. The largest absolute Gasteiger partial charge is 0.495 e. The number of thioether (sulfide) groups is 1. The molecular formula is C22H27N3O3S2. The normalized spacial score (nSPS) is 11.1. The molecule has 0 aliphatic carbocycles. The molecule has 160 valence electrons. The van der Waals surface area contributed by atoms with E-state index in [0.29, 0.717) is 23.2 Å². The fraction of sp³-hybridized carbons (Fsp3) is 0.364. The van der Waals surface area contributed by atoms with Crippen molar-refractivity contribution in [2.45, 2.75) is 11.3 Å². The molecule has 2 aromatic carbocycles. The van der Waals surface area contributed by atoms with E-state index >= 15 is 0 Å². The van der Waals surface area contributed by atoms with Gasteiger partial charge in [-0.1, -0.05) is 29.5 Å². The van der Waals surface area contributed by atoms with E-state index in [1.807, 2.05) is 56.6 Å². The SMILES string of the molecule is COc1ccc(OC)c2sc(N(CCCN(C)C)C(=O)CSc3ccccc3)nc12. The minimum absolute atomic E-state index is 0.0413. The minimum Gasteiger partial charge on any atom is -0.495 e. The number of ether oxygens (including phenoxy) is 2. The van der Waals surface area contributed by atoms with Crippen molar-refractivity contribution in [3.63, 3.8) is 0 Å². The number of amides is 1. The van der Waals surface area contributed by atoms with Crippen molar-refractivity contribution >= 4 is 44.4 Å². The molecule has 0 saturated heterocycles. The predicted octanol–water partition coefficient (Wildman–Crippen LogP) is 4.39. The Balaban J connectivity index is 1.88. The third-order valence-corrected chi connectivity index (χ3v) is 6.61. The van der Waals surface area contributed by atoms with Gasteiger partial charge in [-0.2, -0.15) is 0 Å². The van der Waals surface area contributed by atoms with Crippen molar-refractivity contribution < 1.29 is 14.3 Å². The number of carbonyl (C=O) groups is 1. The highest BCUT2D eigenvalue weighted by Crippen LogP contribution is 2.40. The standard InChI is InChI=1S/C22H27N3O3S2/c1-24(2)13-8-14-25(19(26)15-29-16-9-6-5-7-10-16)22-23-20-17(27-3)11-12-18(28-4)21(20)30-22/h5-7,9-12H,8,13-15H2,1-4H3. The Morgan fingerprint density at radius 1 is 1.03 bits per heavy atom. The second kappa shape index (κ2) is 10.7. The van der Waals surface area contributed by atoms with Crippen molar-refractivity contribution in [3.05, 3.63) is 42.5 Å². The number of nitrogens with zero attached hydrogens (tertiary/aromatic N) is 3. The highest BCUT2D eigenvalue weighted by atomic mass is 32.2. The molecule has 0 unspecified atom stereocenters. The van der Waals surface area contributed by atoms with Gasteiger partial charge < -0.3 is 14.4 Å². The van der Waals surface area contributed by atoms with E-state index in [2.05, 4.69) is 4.90 Å². The Labute approximate surface area is 185 Å². The predicted molar refractivity (Wildman–Crippen MR) is 125 cm³/mol. The highest BCUT2D eigenvalue weighted by molar-refractivity contribution is 8.00. The molecule has 8 heteroatoms. The second-order valence-corrected chi connectivity index (χ2v) is 8.97. The summed E-state index contributed by atoms with van der Waals surface area (Å²) in [5, 5.41) is 0.671. The molecule has 30 heavy (non-hydrogen) atoms. The molecular weight excluding hydrogens is 418 g/mol. The number of hydrogen-bond donors (Lipinski definition) is 0. The summed E-state index contributed by atoms with van der Waals surface area (Å²) in [5.41, 5.74) is 0.720. The Morgan fingerprint density at radius 3 is 2.40 bits per heavy atom. The maximum atomic E-state index is 13.2. The summed E-state index contributed by atoms with van der Waals surface area (Å²) in [7, 11) is 7.32. The fourth-order valence-corrected chi connectivity index (χ4v) is 4.91. The summed E-state index contributed by atoms with van der Waals surface area (Å²) in [4.78, 5) is 22.9. The third kappa shape index (κ3) is 5.44. The van der Waals surface area contributed by atoms with Crippen LogP contribution in [0.5, 0.6) is 11.5 Å². The van der Waals surface area contributed by atoms with Gasteiger partial charge in [-0.3, -0.25) is 9.69 Å². The quantitative estimate of drug-likeness (QED) is 0.432. The Bertz CT molecular complexity index is 935. The molecule has 6 nitrogen and oxygen atoms in total. The van der Waals surface area contributed by atoms with Crippen LogP contribution in [0, 0.1) is 0 Å². The van der Waals surface area contributed by atoms with Crippen LogP contribution >= 0.6 is 23.1 Å². The first-order valence-corrected chi connectivity index (χ1v) is 11.5. The van der Waals surface area contributed by atoms with Crippen LogP contribution < -0.4 is 14.4 Å². The number of thiazole rings is 1. The summed E-state index contributed by atoms with van der Waals surface area (Å²) in [6.45, 7) is 1.50. The van der Waals surface area contributed by atoms with Crippen LogP contribution in [0.15, 0.2) is 47.4 Å². The van der Waals surface area contributed by atoms with Crippen LogP contribution in [0.25, 0.3) is 10.2 Å². The summed E-state index contributed by atoms with van der Waals surface area (Å²) < 4.78 is 11.9. The first-order chi connectivity index (χ1) is 14.5. The highest BCUT2D eigenvalue weighted by Gasteiger charge is 2.22. The number of hydrogen-bond acceptors (Lipinski definition) is 7. The Morgan fingerprint density at radius 2 is 1.73 bits per heavy atom. The van der Waals surface area contributed by atoms with Crippen molar-refractivity contribution in [2.75, 3.05) is 52.1 Å². The van der Waals surface area contributed by atoms with Gasteiger partial charge in [-0.15, -0.1) is 11.8 Å². The molecule has 0 N–H and O–H groups in total. The van der Waals surface area contributed by atoms with E-state index in [4.69, 9.17) is 14.5 Å². The van der Waals surface area contributed by atoms with Gasteiger partial charge in [0.1, 0.15) is 21.7 Å². The van der Waals surface area contributed by atoms with Gasteiger partial charge in [-0.05, 0) is 51.3 Å². The summed E-state index contributed by atoms with van der Waals surface area (Å²) in [6.07, 6.45) is 0.860. The van der Waals surface area contributed by atoms with Crippen molar-refractivity contribution in [3.8, 4) is 11.5 Å². The number of benzene rings is 2. The zero-order valence-corrected chi connectivity index (χ0v) is 19.4. The molecule has 3 aromatic rings. The monoisotopic (exact) mass is 445 g/mol. The smallest absolute Gasteiger partial charge is 0.239 e. The number of carbonyl (C=O) groups excluding carboxylic acids is 1. The number of methoxy groups -OCH3 is 2. The third-order valence-electron chi connectivity index (χ3n) is 4.52. The number of fused-ring (bicyclic) bond motifs is 1. The molecule has 0 aliphatic heterocycles. The van der Waals surface area contributed by atoms with Crippen LogP contribution in [0.2, 0.25) is 0 Å². The summed E-state index contributed by atoms with van der Waals surface area (Å²) in [5.74, 6) is 1.80. The number of rotatable bonds is 10. The molecule has 1 amide bonds. The van der Waals surface area contributed by atoms with Gasteiger partial charge in [-0.25, -0.2) is 4.98 Å². The second-order valence-electron chi connectivity index (χ2n) is 6.95. The number of aromatic nitrogens is 1. The number of anilines is 1. The maximum absolute atomic E-state index is 13.2. The lowest BCUT2D eigenvalue weighted by Gasteiger charge is -2.21. The van der Waals surface area contributed by atoms with Gasteiger partial charge in [0.25, 0.3) is 0 Å². The average Bonchev–Trinajstić information content (AvgIpc) is 3.20. The van der Waals surface area contributed by atoms with Crippen LogP contribution in [0.1, 0.15) is 6.42 Å². The lowest BCUT2D eigenvalue weighted by molar-refractivity contribution is -0.116. The Kier molecular flexibility index (Phi) is 7.95. The molecule has 0 fully saturated rings. The van der Waals surface area contributed by atoms with Crippen LogP contribution in [-0.4, -0.2) is 62.9 Å². The van der Waals surface area contributed by atoms with Crippen molar-refractivity contribution in [1.82, 2.24) is 9.88 Å². The van der Waals surface area contributed by atoms with E-state index in [1.165, 1.54) is 23.1 Å². The molecule has 0 radical (unpaired) electrons. The van der Waals surface area contributed by atoms with E-state index in [-0.39, 0.29) is 5.91 Å². The fourth-order valence-electron chi connectivity index (χ4n) is 3.00. The molecule has 1 aromatic heterocycles. The van der Waals surface area contributed by atoms with Gasteiger partial charge in [0.2, 0.25) is 5.91 Å². The lowest BCUT2D eigenvalue weighted by atomic mass is 10.3. The molecule has 1 heterocycles. The summed E-state index contributed by atoms with van der Waals surface area (Å²) in [6, 6.07) is 13.7. The Hall–Kier alpha value is -2.29. The van der Waals surface area contributed by atoms with E-state index in [0.717, 1.165) is 33.8 Å². The van der Waals surface area contributed by atoms with Crippen LogP contribution in [0.3, 0.4) is 0 Å². The minimum atomic E-state index is 0.0413. The van der Waals surface area contributed by atoms with Crippen LogP contribution in [-0.2, 0) is 4.79 Å². The van der Waals surface area contributed by atoms with Gasteiger partial charge >= 0.3 is 0 Å². The van der Waals surface area contributed by atoms with E-state index in [1.54, 1.807) is 19.1 Å². The maximum Gasteiger partial charge on any atom is 0.239 e. The molecule has 0 spiro atoms. The van der Waals surface area contributed by atoms with Gasteiger partial charge in [0, 0.05) is 11.4 Å². The topological polar surface area (TPSA) is 54.9 Å². The molecule has 0 saturated carbocycles. The van der Waals surface area contributed by atoms with E-state index in [9.17, 15) is 4.79 Å². The summed E-state index contributed by atoms with van der Waals surface area (Å²) >= 11 is 3.00. The first-order valence-electron chi connectivity index (χ1n) is 9.68. The van der Waals surface area contributed by atoms with Crippen molar-refractivity contribution in [2.24, 2.45) is 0 Å². The zero-order valence-electron chi connectivity index (χ0n) is 17.8. The van der Waals surface area contributed by atoms with Gasteiger partial charge in [0.05, 0.1) is 20.0 Å². The lowest BCUT2D eigenvalue weighted by Crippen LogP contribution is -2.34. The van der Waals surface area contributed by atoms with E-state index < -0.39 is 0 Å². The molecule has 0 atom stereocenters. The zero-order chi connectivity index (χ0) is 21.5. The van der Waals surface area contributed by atoms with Gasteiger partial charge in [0.15, 0.2) is 5.13 Å². The molecule has 3 rings (SSSR count). The van der Waals surface area contributed by atoms with Crippen LogP contribution in [0.4, 0.5) is 5.13 Å². The average molecular weight is 446 g/mol. The molecule has 0 bridgehead atoms.